The van der Waals surface area contributed by atoms with Gasteiger partial charge < -0.3 is 9.80 Å². The molecule has 0 amide bonds. The summed E-state index contributed by atoms with van der Waals surface area (Å²) in [5, 5.41) is 3.30. The highest BCUT2D eigenvalue weighted by Gasteiger charge is 2.23. The molecule has 36 heavy (non-hydrogen) atoms. The number of thiophene rings is 1. The van der Waals surface area contributed by atoms with E-state index in [0.29, 0.717) is 6.54 Å². The van der Waals surface area contributed by atoms with E-state index in [1.54, 1.807) is 17.7 Å². The molecule has 2 aliphatic heterocycles. The van der Waals surface area contributed by atoms with Gasteiger partial charge in [-0.3, -0.25) is 19.2 Å². The molecule has 1 fully saturated rings. The number of nitrogens with zero attached hydrogens (tertiary/aromatic N) is 6. The quantitative estimate of drug-likeness (QED) is 0.369. The van der Waals surface area contributed by atoms with Crippen LogP contribution in [0.15, 0.2) is 47.8 Å². The number of aromatic nitrogens is 3. The molecule has 0 atom stereocenters. The molecule has 0 aliphatic carbocycles. The Morgan fingerprint density at radius 3 is 2.56 bits per heavy atom. The van der Waals surface area contributed by atoms with Crippen molar-refractivity contribution in [1.82, 2.24) is 24.3 Å². The van der Waals surface area contributed by atoms with Crippen LogP contribution in [0.25, 0.3) is 21.0 Å². The Bertz CT molecular complexity index is 1380. The molecule has 0 saturated carbocycles. The molecular weight excluding hydrogens is 539 g/mol. The van der Waals surface area contributed by atoms with Gasteiger partial charge in [0.15, 0.2) is 0 Å². The van der Waals surface area contributed by atoms with Crippen molar-refractivity contribution in [3.05, 3.63) is 63.8 Å². The summed E-state index contributed by atoms with van der Waals surface area (Å²) in [6.07, 6.45) is 6.60. The van der Waals surface area contributed by atoms with Crippen LogP contribution in [0.1, 0.15) is 10.4 Å². The highest BCUT2D eigenvalue weighted by atomic mass is 35.5. The van der Waals surface area contributed by atoms with Crippen molar-refractivity contribution >= 4 is 75.2 Å². The summed E-state index contributed by atoms with van der Waals surface area (Å²) in [6.45, 7) is 7.37. The number of halogens is 3. The molecule has 7 nitrogen and oxygen atoms in total. The molecule has 0 bridgehead atoms. The third kappa shape index (κ3) is 5.35. The molecule has 1 aromatic carbocycles. The monoisotopic (exact) mass is 568 g/mol. The fourth-order valence-corrected chi connectivity index (χ4v) is 6.38. The summed E-state index contributed by atoms with van der Waals surface area (Å²) in [5.74, 6) is 0. The topological polar surface area (TPSA) is 57.5 Å². The molecule has 0 N–H and O–H groups in total. The van der Waals surface area contributed by atoms with Gasteiger partial charge in [0, 0.05) is 74.2 Å². The lowest BCUT2D eigenvalue weighted by atomic mass is 10.1. The number of rotatable bonds is 4. The minimum absolute atomic E-state index is 0. The van der Waals surface area contributed by atoms with E-state index >= 15 is 0 Å². The fraction of sp³-hybridized carbons (Fsp3) is 0.400. The Kier molecular flexibility index (Phi) is 9.60. The molecule has 6 rings (SSSR count). The normalized spacial score (nSPS) is 16.2. The van der Waals surface area contributed by atoms with Crippen molar-refractivity contribution in [2.24, 2.45) is 0 Å². The first-order valence-corrected chi connectivity index (χ1v) is 12.5. The van der Waals surface area contributed by atoms with E-state index in [2.05, 4.69) is 56.0 Å². The zero-order valence-corrected chi connectivity index (χ0v) is 23.4. The van der Waals surface area contributed by atoms with E-state index in [1.807, 2.05) is 17.0 Å². The maximum atomic E-state index is 13.3. The van der Waals surface area contributed by atoms with Gasteiger partial charge in [0.1, 0.15) is 4.83 Å². The summed E-state index contributed by atoms with van der Waals surface area (Å²) in [6, 6.07) is 8.45. The van der Waals surface area contributed by atoms with Crippen LogP contribution in [-0.2, 0) is 19.5 Å². The minimum atomic E-state index is 0. The summed E-state index contributed by atoms with van der Waals surface area (Å²) in [5.41, 5.74) is 2.58. The van der Waals surface area contributed by atoms with Crippen LogP contribution in [0.2, 0.25) is 0 Å². The molecule has 11 heteroatoms. The first-order chi connectivity index (χ1) is 16.2. The van der Waals surface area contributed by atoms with Gasteiger partial charge in [0.25, 0.3) is 5.56 Å². The molecule has 0 spiro atoms. The number of benzene rings is 1. The molecule has 2 aliphatic rings. The predicted octanol–water partition coefficient (Wildman–Crippen LogP) is 4.08. The standard InChI is InChI=1S/C25H28N6OS.3ClH/c1-28-7-6-20-22(16-28)33-24-23(20)25(32)31(17-27-24)13-10-29-8-11-30(12-9-29)21-15-26-14-18-4-2-3-5-19(18)21;;;/h2-5,14-15,17H,6-13,16H2,1H3;3*1H. The van der Waals surface area contributed by atoms with E-state index in [-0.39, 0.29) is 42.8 Å². The Morgan fingerprint density at radius 2 is 1.75 bits per heavy atom. The molecule has 1 saturated heterocycles. The highest BCUT2D eigenvalue weighted by Crippen LogP contribution is 2.31. The number of piperazine rings is 1. The zero-order chi connectivity index (χ0) is 22.4. The lowest BCUT2D eigenvalue weighted by Gasteiger charge is -2.36. The van der Waals surface area contributed by atoms with Gasteiger partial charge in [-0.1, -0.05) is 24.3 Å². The molecule has 194 valence electrons. The van der Waals surface area contributed by atoms with Crippen molar-refractivity contribution in [2.75, 3.05) is 51.2 Å². The summed E-state index contributed by atoms with van der Waals surface area (Å²) in [4.78, 5) is 31.7. The summed E-state index contributed by atoms with van der Waals surface area (Å²) >= 11 is 1.68. The second kappa shape index (κ2) is 12.1. The lowest BCUT2D eigenvalue weighted by Crippen LogP contribution is -2.47. The molecule has 0 radical (unpaired) electrons. The van der Waals surface area contributed by atoms with E-state index < -0.39 is 0 Å². The van der Waals surface area contributed by atoms with Crippen LogP contribution < -0.4 is 10.5 Å². The average molecular weight is 570 g/mol. The number of hydrogen-bond acceptors (Lipinski definition) is 7. The van der Waals surface area contributed by atoms with Gasteiger partial charge in [-0.25, -0.2) is 4.98 Å². The number of pyridine rings is 1. The van der Waals surface area contributed by atoms with Crippen LogP contribution in [0, 0.1) is 0 Å². The van der Waals surface area contributed by atoms with Crippen molar-refractivity contribution in [3.63, 3.8) is 0 Å². The van der Waals surface area contributed by atoms with Crippen LogP contribution in [0.4, 0.5) is 5.69 Å². The third-order valence-electron chi connectivity index (χ3n) is 7.04. The second-order valence-electron chi connectivity index (χ2n) is 9.12. The van der Waals surface area contributed by atoms with Crippen LogP contribution in [-0.4, -0.2) is 70.7 Å². The number of hydrogen-bond donors (Lipinski definition) is 0. The number of likely N-dealkylation sites (N-methyl/N-ethyl adjacent to an activating group) is 1. The smallest absolute Gasteiger partial charge is 0.262 e. The van der Waals surface area contributed by atoms with Crippen molar-refractivity contribution < 1.29 is 0 Å². The highest BCUT2D eigenvalue weighted by molar-refractivity contribution is 7.18. The van der Waals surface area contributed by atoms with E-state index in [9.17, 15) is 4.79 Å². The molecule has 5 heterocycles. The van der Waals surface area contributed by atoms with Crippen molar-refractivity contribution in [2.45, 2.75) is 19.5 Å². The van der Waals surface area contributed by atoms with Crippen LogP contribution in [0.5, 0.6) is 0 Å². The number of anilines is 1. The van der Waals surface area contributed by atoms with E-state index in [1.165, 1.54) is 26.9 Å². The SMILES string of the molecule is CN1CCc2c(sc3ncn(CCN4CCN(c5cncc6ccccc56)CC4)c(=O)c23)C1.Cl.Cl.Cl. The molecule has 0 unspecified atom stereocenters. The van der Waals surface area contributed by atoms with Gasteiger partial charge in [-0.2, -0.15) is 0 Å². The summed E-state index contributed by atoms with van der Waals surface area (Å²) in [7, 11) is 2.13. The Balaban J connectivity index is 0.00000120. The Hall–Kier alpha value is -1.94. The van der Waals surface area contributed by atoms with Crippen LogP contribution >= 0.6 is 48.6 Å². The van der Waals surface area contributed by atoms with Crippen LogP contribution in [0.3, 0.4) is 0 Å². The first-order valence-electron chi connectivity index (χ1n) is 11.7. The van der Waals surface area contributed by atoms with E-state index in [4.69, 9.17) is 0 Å². The zero-order valence-electron chi connectivity index (χ0n) is 20.1. The van der Waals surface area contributed by atoms with Gasteiger partial charge in [0.2, 0.25) is 0 Å². The van der Waals surface area contributed by atoms with Crippen molar-refractivity contribution in [1.29, 1.82) is 0 Å². The largest absolute Gasteiger partial charge is 0.367 e. The van der Waals surface area contributed by atoms with Crippen molar-refractivity contribution in [3.8, 4) is 0 Å². The molecule has 4 aromatic rings. The second-order valence-corrected chi connectivity index (χ2v) is 10.2. The van der Waals surface area contributed by atoms with Gasteiger partial charge >= 0.3 is 0 Å². The molecular formula is C25H31Cl3N6OS. The van der Waals surface area contributed by atoms with Gasteiger partial charge in [0.05, 0.1) is 23.6 Å². The lowest BCUT2D eigenvalue weighted by molar-refractivity contribution is 0.247. The Labute approximate surface area is 233 Å². The molecule has 3 aromatic heterocycles. The maximum Gasteiger partial charge on any atom is 0.262 e. The van der Waals surface area contributed by atoms with Gasteiger partial charge in [-0.05, 0) is 19.0 Å². The fourth-order valence-electron chi connectivity index (χ4n) is 5.12. The third-order valence-corrected chi connectivity index (χ3v) is 8.16. The predicted molar refractivity (Wildman–Crippen MR) is 156 cm³/mol. The average Bonchev–Trinajstić information content (AvgIpc) is 3.22. The Morgan fingerprint density at radius 1 is 0.972 bits per heavy atom. The van der Waals surface area contributed by atoms with E-state index in [0.717, 1.165) is 62.5 Å². The first kappa shape index (κ1) is 28.6. The van der Waals surface area contributed by atoms with Gasteiger partial charge in [-0.15, -0.1) is 48.6 Å². The maximum absolute atomic E-state index is 13.3. The minimum Gasteiger partial charge on any atom is -0.367 e. The summed E-state index contributed by atoms with van der Waals surface area (Å²) < 4.78 is 1.81. The number of fused-ring (bicyclic) bond motifs is 4.